The summed E-state index contributed by atoms with van der Waals surface area (Å²) in [4.78, 5) is 9.21. The lowest BCUT2D eigenvalue weighted by molar-refractivity contribution is -0.387. The molecule has 0 radical (unpaired) electrons. The summed E-state index contributed by atoms with van der Waals surface area (Å²) in [5.41, 5.74) is -0.513. The van der Waals surface area contributed by atoms with Gasteiger partial charge in [0.15, 0.2) is 4.90 Å². The van der Waals surface area contributed by atoms with E-state index in [2.05, 4.69) is 0 Å². The maximum absolute atomic E-state index is 11.2. The molecule has 1 rings (SSSR count). The molecule has 6 nitrogen and oxygen atoms in total. The predicted octanol–water partition coefficient (Wildman–Crippen LogP) is 1.03. The highest BCUT2D eigenvalue weighted by molar-refractivity contribution is 7.90. The van der Waals surface area contributed by atoms with Crippen molar-refractivity contribution in [3.63, 3.8) is 0 Å². The average molecular weight is 237 g/mol. The van der Waals surface area contributed by atoms with Crippen LogP contribution in [0.3, 0.4) is 0 Å². The van der Waals surface area contributed by atoms with E-state index in [0.717, 1.165) is 12.1 Å². The number of benzene rings is 1. The van der Waals surface area contributed by atoms with Gasteiger partial charge in [0.2, 0.25) is 0 Å². The van der Waals surface area contributed by atoms with Gasteiger partial charge in [-0.2, -0.15) is 0 Å². The molecule has 8 heteroatoms. The fraction of sp³-hybridized carbons (Fsp3) is 0. The van der Waals surface area contributed by atoms with Gasteiger partial charge in [-0.3, -0.25) is 10.1 Å². The molecule has 0 aliphatic rings. The number of para-hydroxylation sites is 1. The lowest BCUT2D eigenvalue weighted by Gasteiger charge is -2.00. The molecular formula is C6H5ClN2O4S. The zero-order valence-corrected chi connectivity index (χ0v) is 8.25. The van der Waals surface area contributed by atoms with Crippen LogP contribution < -0.4 is 4.24 Å². The predicted molar refractivity (Wildman–Crippen MR) is 49.3 cm³/mol. The van der Waals surface area contributed by atoms with E-state index in [9.17, 15) is 18.5 Å². The third-order valence-corrected chi connectivity index (χ3v) is 3.19. The lowest BCUT2D eigenvalue weighted by Crippen LogP contribution is -2.15. The van der Waals surface area contributed by atoms with E-state index in [1.165, 1.54) is 16.4 Å². The van der Waals surface area contributed by atoms with Crippen LogP contribution >= 0.6 is 11.8 Å². The Morgan fingerprint density at radius 1 is 1.36 bits per heavy atom. The summed E-state index contributed by atoms with van der Waals surface area (Å²) in [6, 6.07) is 4.92. The number of sulfonamides is 1. The van der Waals surface area contributed by atoms with Gasteiger partial charge in [0, 0.05) is 6.07 Å². The minimum atomic E-state index is -4.00. The summed E-state index contributed by atoms with van der Waals surface area (Å²) in [5.74, 6) is 0. The maximum Gasteiger partial charge on any atom is 0.289 e. The van der Waals surface area contributed by atoms with E-state index < -0.39 is 25.5 Å². The van der Waals surface area contributed by atoms with Crippen molar-refractivity contribution in [2.45, 2.75) is 4.90 Å². The SMILES string of the molecule is O=[N+]([O-])c1ccccc1S(=O)(=O)NCl. The molecular weight excluding hydrogens is 232 g/mol. The molecule has 0 aliphatic carbocycles. The lowest BCUT2D eigenvalue weighted by atomic mass is 10.3. The van der Waals surface area contributed by atoms with E-state index in [1.807, 2.05) is 0 Å². The van der Waals surface area contributed by atoms with E-state index in [4.69, 9.17) is 11.8 Å². The second-order valence-corrected chi connectivity index (χ2v) is 4.37. The zero-order chi connectivity index (χ0) is 10.8. The Balaban J connectivity index is 3.42. The summed E-state index contributed by atoms with van der Waals surface area (Å²) >= 11 is 4.94. The molecule has 0 heterocycles. The van der Waals surface area contributed by atoms with Gasteiger partial charge in [-0.05, 0) is 17.8 Å². The normalized spacial score (nSPS) is 11.2. The Kier molecular flexibility index (Phi) is 3.04. The molecule has 0 saturated heterocycles. The van der Waals surface area contributed by atoms with Gasteiger partial charge in [-0.15, -0.1) is 4.24 Å². The van der Waals surface area contributed by atoms with Crippen molar-refractivity contribution >= 4 is 27.5 Å². The highest BCUT2D eigenvalue weighted by atomic mass is 35.5. The van der Waals surface area contributed by atoms with Crippen LogP contribution in [0.4, 0.5) is 5.69 Å². The van der Waals surface area contributed by atoms with E-state index in [1.54, 1.807) is 0 Å². The molecule has 14 heavy (non-hydrogen) atoms. The first-order valence-corrected chi connectivity index (χ1v) is 5.21. The summed E-state index contributed by atoms with van der Waals surface area (Å²) < 4.78 is 23.9. The molecule has 0 fully saturated rings. The van der Waals surface area contributed by atoms with Crippen molar-refractivity contribution in [2.75, 3.05) is 0 Å². The zero-order valence-electron chi connectivity index (χ0n) is 6.68. The number of nitrogens with one attached hydrogen (secondary N) is 1. The van der Waals surface area contributed by atoms with Crippen molar-refractivity contribution < 1.29 is 13.3 Å². The standard InChI is InChI=1S/C6H5ClN2O4S/c7-8-14(12,13)6-4-2-1-3-5(6)9(10)11/h1-4,8H. The highest BCUT2D eigenvalue weighted by Crippen LogP contribution is 2.22. The molecule has 0 atom stereocenters. The van der Waals surface area contributed by atoms with Gasteiger partial charge in [-0.1, -0.05) is 12.1 Å². The molecule has 0 aliphatic heterocycles. The average Bonchev–Trinajstić information content (AvgIpc) is 2.18. The van der Waals surface area contributed by atoms with Gasteiger partial charge in [0.1, 0.15) is 0 Å². The molecule has 0 unspecified atom stereocenters. The van der Waals surface area contributed by atoms with Crippen LogP contribution in [0, 0.1) is 10.1 Å². The number of hydrogen-bond acceptors (Lipinski definition) is 4. The van der Waals surface area contributed by atoms with Gasteiger partial charge in [-0.25, -0.2) is 8.42 Å². The molecule has 1 aromatic rings. The molecule has 1 N–H and O–H groups in total. The van der Waals surface area contributed by atoms with E-state index in [-0.39, 0.29) is 0 Å². The smallest absolute Gasteiger partial charge is 0.258 e. The van der Waals surface area contributed by atoms with Crippen molar-refractivity contribution in [1.82, 2.24) is 4.24 Å². The summed E-state index contributed by atoms with van der Waals surface area (Å²) in [5, 5.41) is 10.5. The molecule has 0 saturated carbocycles. The van der Waals surface area contributed by atoms with Crippen LogP contribution in [0.5, 0.6) is 0 Å². The molecule has 0 spiro atoms. The topological polar surface area (TPSA) is 89.3 Å². The number of nitrogens with zero attached hydrogens (tertiary/aromatic N) is 1. The van der Waals surface area contributed by atoms with Crippen molar-refractivity contribution in [3.05, 3.63) is 34.4 Å². The maximum atomic E-state index is 11.2. The van der Waals surface area contributed by atoms with Crippen LogP contribution in [0.25, 0.3) is 0 Å². The first kappa shape index (κ1) is 10.9. The first-order valence-electron chi connectivity index (χ1n) is 3.35. The molecule has 1 aromatic carbocycles. The van der Waals surface area contributed by atoms with Gasteiger partial charge in [0.05, 0.1) is 4.92 Å². The number of nitro benzene ring substituents is 1. The third-order valence-electron chi connectivity index (χ3n) is 1.45. The van der Waals surface area contributed by atoms with Crippen LogP contribution in [0.1, 0.15) is 0 Å². The fourth-order valence-electron chi connectivity index (χ4n) is 0.877. The second-order valence-electron chi connectivity index (χ2n) is 2.31. The Morgan fingerprint density at radius 2 is 1.93 bits per heavy atom. The Labute approximate surface area is 84.8 Å². The van der Waals surface area contributed by atoms with E-state index >= 15 is 0 Å². The van der Waals surface area contributed by atoms with Crippen molar-refractivity contribution in [2.24, 2.45) is 0 Å². The van der Waals surface area contributed by atoms with Gasteiger partial charge < -0.3 is 0 Å². The fourth-order valence-corrected chi connectivity index (χ4v) is 1.88. The minimum absolute atomic E-state index is 0.458. The van der Waals surface area contributed by atoms with E-state index in [0.29, 0.717) is 0 Å². The summed E-state index contributed by atoms with van der Waals surface area (Å²) in [7, 11) is -4.00. The van der Waals surface area contributed by atoms with Gasteiger partial charge in [0.25, 0.3) is 15.7 Å². The number of nitro groups is 1. The highest BCUT2D eigenvalue weighted by Gasteiger charge is 2.23. The van der Waals surface area contributed by atoms with Crippen LogP contribution in [0.15, 0.2) is 29.2 Å². The van der Waals surface area contributed by atoms with Crippen LogP contribution in [-0.2, 0) is 10.0 Å². The molecule has 76 valence electrons. The quantitative estimate of drug-likeness (QED) is 0.482. The largest absolute Gasteiger partial charge is 0.289 e. The number of hydrogen-bond donors (Lipinski definition) is 1. The van der Waals surface area contributed by atoms with Crippen LogP contribution in [-0.4, -0.2) is 13.3 Å². The van der Waals surface area contributed by atoms with Gasteiger partial charge >= 0.3 is 0 Å². The van der Waals surface area contributed by atoms with Crippen molar-refractivity contribution in [3.8, 4) is 0 Å². The first-order chi connectivity index (χ1) is 6.49. The molecule has 0 bridgehead atoms. The Morgan fingerprint density at radius 3 is 2.43 bits per heavy atom. The van der Waals surface area contributed by atoms with Crippen LogP contribution in [0.2, 0.25) is 0 Å². The monoisotopic (exact) mass is 236 g/mol. The third kappa shape index (κ3) is 2.00. The summed E-state index contributed by atoms with van der Waals surface area (Å²) in [6.45, 7) is 0. The number of halogens is 1. The summed E-state index contributed by atoms with van der Waals surface area (Å²) in [6.07, 6.45) is 0. The van der Waals surface area contributed by atoms with Crippen molar-refractivity contribution in [1.29, 1.82) is 0 Å². The molecule has 0 amide bonds. The molecule has 0 aromatic heterocycles. The second kappa shape index (κ2) is 3.91. The Bertz CT molecular complexity index is 459. The number of rotatable bonds is 3. The minimum Gasteiger partial charge on any atom is -0.258 e. The Hall–Kier alpha value is -1.18.